The summed E-state index contributed by atoms with van der Waals surface area (Å²) in [6.45, 7) is 38.1. The lowest BCUT2D eigenvalue weighted by Gasteiger charge is -2.49. The molecule has 5 heterocycles. The second kappa shape index (κ2) is 32.9. The first-order valence-corrected chi connectivity index (χ1v) is 37.1. The van der Waals surface area contributed by atoms with E-state index >= 15 is 0 Å². The van der Waals surface area contributed by atoms with Crippen molar-refractivity contribution >= 4 is 23.6 Å². The number of ether oxygens (including phenoxy) is 1. The quantitative estimate of drug-likeness (QED) is 0.0942. The fraction of sp³-hybridized carbons (Fsp3) is 0.667. The van der Waals surface area contributed by atoms with Gasteiger partial charge in [0, 0.05) is 53.8 Å². The SMILES string of the molecule is CC(C)(C)CCN1CCC2(CC[C@H](NC(=O)CCCN3CCCC3=O)c3ccccc32)CC1.CCN(C(=O)Cc1ccccn1)[C@H]1CCC2(CCN(CCC(C)(C)C)CC2)c2ccccc21.CCOCC(=O)N[C@H]1CCC2(CCN(CCC(C)(C)C)CC2)c2cc(F)ccc21.[HH].[HH]. The molecule has 4 amide bonds. The summed E-state index contributed by atoms with van der Waals surface area (Å²) in [5.41, 5.74) is 10.4. The molecule has 14 heteroatoms. The monoisotopic (exact) mass is 1310 g/mol. The predicted molar refractivity (Wildman–Crippen MR) is 387 cm³/mol. The van der Waals surface area contributed by atoms with Crippen LogP contribution in [0.25, 0.3) is 0 Å². The lowest BCUT2D eigenvalue weighted by Crippen LogP contribution is -2.47. The number of amides is 4. The molecule has 11 rings (SSSR count). The predicted octanol–water partition coefficient (Wildman–Crippen LogP) is 15.7. The number of carbonyl (C=O) groups excluding carboxylic acids is 4. The van der Waals surface area contributed by atoms with E-state index in [1.54, 1.807) is 12.3 Å². The Morgan fingerprint density at radius 3 is 1.57 bits per heavy atom. The van der Waals surface area contributed by atoms with E-state index in [0.29, 0.717) is 48.7 Å². The number of likely N-dealkylation sites (tertiary alicyclic amines) is 4. The summed E-state index contributed by atoms with van der Waals surface area (Å²) < 4.78 is 19.4. The van der Waals surface area contributed by atoms with E-state index in [1.165, 1.54) is 119 Å². The summed E-state index contributed by atoms with van der Waals surface area (Å²) in [5.74, 6) is 0.268. The zero-order valence-electron chi connectivity index (χ0n) is 60.5. The van der Waals surface area contributed by atoms with Crippen molar-refractivity contribution in [3.8, 4) is 0 Å². The molecule has 4 fully saturated rings. The summed E-state index contributed by atoms with van der Waals surface area (Å²) in [6.07, 6.45) is 22.1. The van der Waals surface area contributed by atoms with Gasteiger partial charge in [0.1, 0.15) is 12.4 Å². The summed E-state index contributed by atoms with van der Waals surface area (Å²) in [6, 6.07) is 29.0. The normalized spacial score (nSPS) is 21.7. The van der Waals surface area contributed by atoms with Crippen molar-refractivity contribution in [2.24, 2.45) is 16.2 Å². The molecule has 526 valence electrons. The lowest BCUT2D eigenvalue weighted by molar-refractivity contribution is -0.133. The van der Waals surface area contributed by atoms with Crippen molar-refractivity contribution in [3.05, 3.63) is 136 Å². The number of nitrogens with one attached hydrogen (secondary N) is 2. The third-order valence-corrected chi connectivity index (χ3v) is 22.7. The number of likely N-dealkylation sites (N-methyl/N-ethyl adjacent to an activating group) is 1. The molecule has 3 spiro atoms. The van der Waals surface area contributed by atoms with Crippen LogP contribution in [0.4, 0.5) is 4.39 Å². The van der Waals surface area contributed by atoms with Crippen molar-refractivity contribution in [2.45, 2.75) is 239 Å². The first-order valence-electron chi connectivity index (χ1n) is 37.1. The third-order valence-electron chi connectivity index (χ3n) is 22.7. The highest BCUT2D eigenvalue weighted by molar-refractivity contribution is 5.80. The molecule has 3 aliphatic carbocycles. The Kier molecular flexibility index (Phi) is 25.5. The van der Waals surface area contributed by atoms with Gasteiger partial charge in [0.05, 0.1) is 24.5 Å². The van der Waals surface area contributed by atoms with Gasteiger partial charge in [0.15, 0.2) is 0 Å². The van der Waals surface area contributed by atoms with E-state index < -0.39 is 0 Å². The molecule has 95 heavy (non-hydrogen) atoms. The standard InChI is InChI=1S/C29H41N3O.C28H43N3O2.C24H37FN2O2.2H2/c1-5-32(27(33)22-23-10-8-9-18-30-23)26-13-14-29(25-12-7-6-11-24(25)26)16-20-31(21-17-29)19-15-28(2,3)4;1-27(2,3)14-19-30-20-15-28(16-21-30)13-12-24(22-8-4-5-9-23(22)28)29-25(32)10-6-17-31-18-7-11-26(31)33;1-5-29-17-22(28)26-21-8-9-24(20-16-18(25)6-7-19(20)21)11-14-27(15-12-24)13-10-23(2,3)4;;/h6-12,18,26H,5,13-17,19-22H2,1-4H3;4-5,8-9,24H,6-7,10-21H2,1-3H3,(H,29,32);6-7,16,21H,5,8-15,17H2,1-4H3,(H,26,28);2*1H/t26-;24-;21-;;/m000../s1. The Balaban J connectivity index is 0.000000204. The van der Waals surface area contributed by atoms with E-state index in [-0.39, 0.29) is 73.3 Å². The number of hydrogen-bond donors (Lipinski definition) is 2. The van der Waals surface area contributed by atoms with E-state index in [2.05, 4.69) is 153 Å². The Morgan fingerprint density at radius 2 is 1.07 bits per heavy atom. The maximum atomic E-state index is 14.2. The van der Waals surface area contributed by atoms with E-state index in [1.807, 2.05) is 36.1 Å². The van der Waals surface area contributed by atoms with Crippen LogP contribution in [0, 0.1) is 22.1 Å². The summed E-state index contributed by atoms with van der Waals surface area (Å²) >= 11 is 0. The van der Waals surface area contributed by atoms with Crippen LogP contribution in [0.15, 0.2) is 91.1 Å². The molecular formula is C81H125FN8O5. The van der Waals surface area contributed by atoms with Gasteiger partial charge in [0.2, 0.25) is 23.6 Å². The van der Waals surface area contributed by atoms with E-state index in [9.17, 15) is 23.6 Å². The number of hydrogen-bond acceptors (Lipinski definition) is 9. The first kappa shape index (κ1) is 73.7. The number of carbonyl (C=O) groups is 4. The Labute approximate surface area is 575 Å². The molecule has 1 aromatic heterocycles. The molecule has 3 aromatic carbocycles. The number of rotatable bonds is 19. The first-order chi connectivity index (χ1) is 45.3. The van der Waals surface area contributed by atoms with E-state index in [0.717, 1.165) is 107 Å². The van der Waals surface area contributed by atoms with Gasteiger partial charge in [-0.25, -0.2) is 4.39 Å². The van der Waals surface area contributed by atoms with Crippen molar-refractivity contribution in [3.63, 3.8) is 0 Å². The van der Waals surface area contributed by atoms with Crippen LogP contribution in [0.2, 0.25) is 0 Å². The molecule has 13 nitrogen and oxygen atoms in total. The smallest absolute Gasteiger partial charge is 0.246 e. The number of piperidine rings is 3. The maximum absolute atomic E-state index is 14.2. The molecule has 4 aliphatic heterocycles. The van der Waals surface area contributed by atoms with Crippen molar-refractivity contribution in [1.29, 1.82) is 0 Å². The zero-order valence-corrected chi connectivity index (χ0v) is 60.5. The van der Waals surface area contributed by atoms with Gasteiger partial charge in [-0.1, -0.05) is 123 Å². The van der Waals surface area contributed by atoms with Gasteiger partial charge >= 0.3 is 0 Å². The van der Waals surface area contributed by atoms with Crippen LogP contribution >= 0.6 is 0 Å². The summed E-state index contributed by atoms with van der Waals surface area (Å²) in [4.78, 5) is 66.2. The van der Waals surface area contributed by atoms with Gasteiger partial charge in [-0.05, 0) is 272 Å². The topological polar surface area (TPSA) is 131 Å². The Morgan fingerprint density at radius 1 is 0.589 bits per heavy atom. The minimum atomic E-state index is -0.181. The average Bonchev–Trinajstić information content (AvgIpc) is 0.928. The highest BCUT2D eigenvalue weighted by Crippen LogP contribution is 2.52. The van der Waals surface area contributed by atoms with Crippen LogP contribution in [0.3, 0.4) is 0 Å². The third kappa shape index (κ3) is 20.1. The van der Waals surface area contributed by atoms with Gasteiger partial charge in [0.25, 0.3) is 0 Å². The lowest BCUT2D eigenvalue weighted by atomic mass is 9.63. The molecule has 0 saturated carbocycles. The average molecular weight is 1310 g/mol. The van der Waals surface area contributed by atoms with Crippen LogP contribution in [0.1, 0.15) is 258 Å². The number of fused-ring (bicyclic) bond motifs is 6. The summed E-state index contributed by atoms with van der Waals surface area (Å²) in [5, 5.41) is 6.43. The number of halogens is 1. The highest BCUT2D eigenvalue weighted by Gasteiger charge is 2.46. The van der Waals surface area contributed by atoms with Crippen molar-refractivity contribution in [2.75, 3.05) is 91.8 Å². The molecule has 0 unspecified atom stereocenters. The molecular weight excluding hydrogens is 1180 g/mol. The fourth-order valence-corrected chi connectivity index (χ4v) is 16.6. The molecule has 3 atom stereocenters. The van der Waals surface area contributed by atoms with Crippen LogP contribution in [-0.2, 0) is 46.6 Å². The minimum absolute atomic E-state index is 0. The molecule has 0 bridgehead atoms. The number of benzene rings is 3. The minimum Gasteiger partial charge on any atom is -0.372 e. The van der Waals surface area contributed by atoms with Gasteiger partial charge in [-0.15, -0.1) is 0 Å². The number of pyridine rings is 1. The molecule has 4 saturated heterocycles. The van der Waals surface area contributed by atoms with E-state index in [4.69, 9.17) is 4.74 Å². The highest BCUT2D eigenvalue weighted by atomic mass is 19.1. The van der Waals surface area contributed by atoms with Crippen LogP contribution in [-0.4, -0.2) is 145 Å². The molecule has 4 aromatic rings. The largest absolute Gasteiger partial charge is 0.372 e. The second-order valence-electron chi connectivity index (χ2n) is 33.0. The van der Waals surface area contributed by atoms with Crippen LogP contribution < -0.4 is 10.6 Å². The Bertz CT molecular complexity index is 3140. The number of nitrogens with zero attached hydrogens (tertiary/aromatic N) is 6. The van der Waals surface area contributed by atoms with Crippen molar-refractivity contribution in [1.82, 2.24) is 40.1 Å². The maximum Gasteiger partial charge on any atom is 0.246 e. The van der Waals surface area contributed by atoms with Gasteiger partial charge in [-0.2, -0.15) is 0 Å². The number of aromatic nitrogens is 1. The molecule has 2 N–H and O–H groups in total. The summed E-state index contributed by atoms with van der Waals surface area (Å²) in [7, 11) is 0. The van der Waals surface area contributed by atoms with Gasteiger partial charge < -0.3 is 39.9 Å². The zero-order chi connectivity index (χ0) is 68.0. The van der Waals surface area contributed by atoms with Crippen LogP contribution in [0.5, 0.6) is 0 Å². The van der Waals surface area contributed by atoms with Crippen molar-refractivity contribution < 1.29 is 31.2 Å². The fourth-order valence-electron chi connectivity index (χ4n) is 16.6. The molecule has 0 radical (unpaired) electrons. The Hall–Kier alpha value is -5.54. The molecule has 7 aliphatic rings. The second-order valence-corrected chi connectivity index (χ2v) is 33.0. The van der Waals surface area contributed by atoms with Gasteiger partial charge in [-0.3, -0.25) is 24.2 Å².